The Morgan fingerprint density at radius 2 is 2.03 bits per heavy atom. The standard InChI is InChI=1S/C25H24ClN5O3S2/c1-4-11-31-22(13-34-20-10-5-16(2)12-21(20)33-3)29-30-25(31)36-15-23(32)28-24-27-19(14-35-24)17-6-8-18(26)9-7-17/h4-10,12,14H,1,11,13,15H2,2-3H3,(H,27,28,32). The quantitative estimate of drug-likeness (QED) is 0.187. The molecule has 8 nitrogen and oxygen atoms in total. The van der Waals surface area contributed by atoms with Gasteiger partial charge in [0.2, 0.25) is 5.91 Å². The Labute approximate surface area is 222 Å². The molecule has 0 atom stereocenters. The number of ether oxygens (including phenoxy) is 2. The Morgan fingerprint density at radius 3 is 2.78 bits per heavy atom. The third-order valence-corrected chi connectivity index (χ3v) is 6.98. The first kappa shape index (κ1) is 25.7. The SMILES string of the molecule is C=CCn1c(COc2ccc(C)cc2OC)nnc1SCC(=O)Nc1nc(-c2ccc(Cl)cc2)cs1. The van der Waals surface area contributed by atoms with Gasteiger partial charge in [0, 0.05) is 22.5 Å². The predicted molar refractivity (Wildman–Crippen MR) is 144 cm³/mol. The second-order valence-corrected chi connectivity index (χ2v) is 9.86. The van der Waals surface area contributed by atoms with E-state index < -0.39 is 0 Å². The summed E-state index contributed by atoms with van der Waals surface area (Å²) in [6.07, 6.45) is 1.75. The number of hydrogen-bond donors (Lipinski definition) is 1. The molecular formula is C25H24ClN5O3S2. The van der Waals surface area contributed by atoms with Crippen LogP contribution in [0, 0.1) is 6.92 Å². The summed E-state index contributed by atoms with van der Waals surface area (Å²) in [5.41, 5.74) is 2.78. The fraction of sp³-hybridized carbons (Fsp3) is 0.200. The molecular weight excluding hydrogens is 518 g/mol. The van der Waals surface area contributed by atoms with Gasteiger partial charge in [0.05, 0.1) is 18.6 Å². The minimum absolute atomic E-state index is 0.151. The molecule has 0 saturated heterocycles. The number of anilines is 1. The van der Waals surface area contributed by atoms with Crippen LogP contribution in [0.1, 0.15) is 11.4 Å². The Bertz CT molecular complexity index is 1350. The van der Waals surface area contributed by atoms with Gasteiger partial charge < -0.3 is 14.8 Å². The summed E-state index contributed by atoms with van der Waals surface area (Å²) < 4.78 is 13.2. The molecule has 0 saturated carbocycles. The van der Waals surface area contributed by atoms with Gasteiger partial charge in [0.25, 0.3) is 0 Å². The van der Waals surface area contributed by atoms with Crippen LogP contribution in [0.2, 0.25) is 5.02 Å². The van der Waals surface area contributed by atoms with Crippen molar-refractivity contribution in [2.45, 2.75) is 25.2 Å². The second kappa shape index (κ2) is 12.1. The molecule has 11 heteroatoms. The van der Waals surface area contributed by atoms with Crippen molar-refractivity contribution in [3.63, 3.8) is 0 Å². The van der Waals surface area contributed by atoms with Gasteiger partial charge in [-0.2, -0.15) is 0 Å². The number of benzene rings is 2. The molecule has 0 bridgehead atoms. The molecule has 0 unspecified atom stereocenters. The van der Waals surface area contributed by atoms with Crippen molar-refractivity contribution in [3.05, 3.63) is 76.9 Å². The molecule has 0 radical (unpaired) electrons. The number of thiazole rings is 1. The highest BCUT2D eigenvalue weighted by atomic mass is 35.5. The van der Waals surface area contributed by atoms with Crippen LogP contribution < -0.4 is 14.8 Å². The molecule has 2 aromatic carbocycles. The molecule has 2 aromatic heterocycles. The van der Waals surface area contributed by atoms with Gasteiger partial charge in [-0.3, -0.25) is 9.36 Å². The molecule has 0 aliphatic rings. The number of halogens is 1. The number of thioether (sulfide) groups is 1. The number of nitrogens with zero attached hydrogens (tertiary/aromatic N) is 4. The minimum Gasteiger partial charge on any atom is -0.493 e. The van der Waals surface area contributed by atoms with Gasteiger partial charge in [-0.15, -0.1) is 28.1 Å². The third-order valence-electron chi connectivity index (χ3n) is 5.00. The van der Waals surface area contributed by atoms with E-state index in [1.165, 1.54) is 23.1 Å². The lowest BCUT2D eigenvalue weighted by Crippen LogP contribution is -2.15. The molecule has 4 aromatic rings. The van der Waals surface area contributed by atoms with Gasteiger partial charge in [-0.25, -0.2) is 4.98 Å². The second-order valence-electron chi connectivity index (χ2n) is 7.62. The summed E-state index contributed by atoms with van der Waals surface area (Å²) in [5.74, 6) is 1.85. The van der Waals surface area contributed by atoms with Gasteiger partial charge in [-0.1, -0.05) is 47.6 Å². The van der Waals surface area contributed by atoms with E-state index in [-0.39, 0.29) is 18.3 Å². The smallest absolute Gasteiger partial charge is 0.236 e. The summed E-state index contributed by atoms with van der Waals surface area (Å²) in [5, 5.41) is 15.0. The largest absolute Gasteiger partial charge is 0.493 e. The van der Waals surface area contributed by atoms with Crippen molar-refractivity contribution in [2.24, 2.45) is 0 Å². The van der Waals surface area contributed by atoms with Crippen LogP contribution >= 0.6 is 34.7 Å². The maximum Gasteiger partial charge on any atom is 0.236 e. The van der Waals surface area contributed by atoms with E-state index in [1.807, 2.05) is 47.2 Å². The summed E-state index contributed by atoms with van der Waals surface area (Å²) >= 11 is 8.59. The average Bonchev–Trinajstić information content (AvgIpc) is 3.49. The first-order valence-corrected chi connectivity index (χ1v) is 13.2. The van der Waals surface area contributed by atoms with E-state index in [9.17, 15) is 4.79 Å². The summed E-state index contributed by atoms with van der Waals surface area (Å²) in [6, 6.07) is 13.1. The van der Waals surface area contributed by atoms with Crippen molar-refractivity contribution in [1.82, 2.24) is 19.7 Å². The Kier molecular flexibility index (Phi) is 8.63. The summed E-state index contributed by atoms with van der Waals surface area (Å²) in [7, 11) is 1.60. The van der Waals surface area contributed by atoms with E-state index in [2.05, 4.69) is 27.1 Å². The normalized spacial score (nSPS) is 10.8. The molecule has 1 N–H and O–H groups in total. The molecule has 0 aliphatic heterocycles. The third kappa shape index (κ3) is 6.45. The zero-order chi connectivity index (χ0) is 25.5. The van der Waals surface area contributed by atoms with Gasteiger partial charge in [0.15, 0.2) is 27.6 Å². The molecule has 0 fully saturated rings. The molecule has 0 spiro atoms. The first-order valence-electron chi connectivity index (χ1n) is 10.9. The highest BCUT2D eigenvalue weighted by Crippen LogP contribution is 2.29. The van der Waals surface area contributed by atoms with Gasteiger partial charge in [-0.05, 0) is 36.8 Å². The van der Waals surface area contributed by atoms with Gasteiger partial charge in [0.1, 0.15) is 6.61 Å². The first-order chi connectivity index (χ1) is 17.5. The van der Waals surface area contributed by atoms with Crippen LogP contribution in [0.3, 0.4) is 0 Å². The average molecular weight is 542 g/mol. The van der Waals surface area contributed by atoms with Crippen molar-refractivity contribution in [2.75, 3.05) is 18.2 Å². The number of nitrogens with one attached hydrogen (secondary N) is 1. The fourth-order valence-corrected chi connectivity index (χ4v) is 4.88. The molecule has 2 heterocycles. The number of hydrogen-bond acceptors (Lipinski definition) is 8. The van der Waals surface area contributed by atoms with E-state index >= 15 is 0 Å². The maximum absolute atomic E-state index is 12.6. The topological polar surface area (TPSA) is 91.2 Å². The number of rotatable bonds is 11. The minimum atomic E-state index is -0.188. The summed E-state index contributed by atoms with van der Waals surface area (Å²) in [4.78, 5) is 17.1. The zero-order valence-electron chi connectivity index (χ0n) is 19.7. The number of carbonyl (C=O) groups excluding carboxylic acids is 1. The number of allylic oxidation sites excluding steroid dienone is 1. The molecule has 4 rings (SSSR count). The molecule has 186 valence electrons. The zero-order valence-corrected chi connectivity index (χ0v) is 22.1. The Hall–Kier alpha value is -3.34. The monoisotopic (exact) mass is 541 g/mol. The highest BCUT2D eigenvalue weighted by molar-refractivity contribution is 7.99. The van der Waals surface area contributed by atoms with Crippen molar-refractivity contribution in [1.29, 1.82) is 0 Å². The lowest BCUT2D eigenvalue weighted by Gasteiger charge is -2.12. The number of methoxy groups -OCH3 is 1. The maximum atomic E-state index is 12.6. The van der Waals surface area contributed by atoms with E-state index in [4.69, 9.17) is 21.1 Å². The number of aromatic nitrogens is 4. The van der Waals surface area contributed by atoms with Crippen LogP contribution in [0.25, 0.3) is 11.3 Å². The lowest BCUT2D eigenvalue weighted by atomic mass is 10.2. The van der Waals surface area contributed by atoms with E-state index in [0.717, 1.165) is 16.8 Å². The van der Waals surface area contributed by atoms with Crippen LogP contribution in [0.4, 0.5) is 5.13 Å². The Balaban J connectivity index is 1.36. The fourth-order valence-electron chi connectivity index (χ4n) is 3.25. The van der Waals surface area contributed by atoms with Crippen molar-refractivity contribution in [3.8, 4) is 22.8 Å². The van der Waals surface area contributed by atoms with E-state index in [0.29, 0.717) is 39.2 Å². The molecule has 0 aliphatic carbocycles. The van der Waals surface area contributed by atoms with E-state index in [1.54, 1.807) is 25.3 Å². The van der Waals surface area contributed by atoms with Crippen LogP contribution in [-0.2, 0) is 17.9 Å². The number of amides is 1. The lowest BCUT2D eigenvalue weighted by molar-refractivity contribution is -0.113. The van der Waals surface area contributed by atoms with Crippen molar-refractivity contribution < 1.29 is 14.3 Å². The van der Waals surface area contributed by atoms with Crippen LogP contribution in [0.5, 0.6) is 11.5 Å². The predicted octanol–water partition coefficient (Wildman–Crippen LogP) is 5.87. The highest BCUT2D eigenvalue weighted by Gasteiger charge is 2.16. The van der Waals surface area contributed by atoms with Gasteiger partial charge >= 0.3 is 0 Å². The van der Waals surface area contributed by atoms with Crippen LogP contribution in [-0.4, -0.2) is 38.5 Å². The van der Waals surface area contributed by atoms with Crippen molar-refractivity contribution >= 4 is 45.7 Å². The molecule has 36 heavy (non-hydrogen) atoms. The number of carbonyl (C=O) groups is 1. The Morgan fingerprint density at radius 1 is 1.22 bits per heavy atom. The molecule has 1 amide bonds. The summed E-state index contributed by atoms with van der Waals surface area (Å²) in [6.45, 7) is 6.48. The number of aryl methyl sites for hydroxylation is 1. The van der Waals surface area contributed by atoms with Crippen LogP contribution in [0.15, 0.2) is 65.7 Å².